The highest BCUT2D eigenvalue weighted by Gasteiger charge is 2.33. The van der Waals surface area contributed by atoms with E-state index in [0.717, 1.165) is 17.7 Å². The van der Waals surface area contributed by atoms with Gasteiger partial charge in [0.1, 0.15) is 11.2 Å². The molecule has 1 heterocycles. The second kappa shape index (κ2) is 5.25. The van der Waals surface area contributed by atoms with E-state index in [-0.39, 0.29) is 17.6 Å². The van der Waals surface area contributed by atoms with Crippen molar-refractivity contribution in [3.8, 4) is 0 Å². The average molecular weight is 246 g/mol. The Labute approximate surface area is 100 Å². The molecule has 0 saturated carbocycles. The van der Waals surface area contributed by atoms with Crippen LogP contribution in [0.4, 0.5) is 0 Å². The Balaban J connectivity index is 2.63. The number of ketones is 1. The standard InChI is InChI=1S/C10H16NO2S2/c1-6(9(14)7(2)12)10(13)11-4-5-15-8(11)3/h6,9,14H,4-5H2,1-3H3. The SMILES string of the molecule is C[C]1SCCN1C(=O)C(C)C(S)C(C)=O. The largest absolute Gasteiger partial charge is 0.324 e. The lowest BCUT2D eigenvalue weighted by atomic mass is 10.0. The van der Waals surface area contributed by atoms with Crippen molar-refractivity contribution in [2.24, 2.45) is 5.92 Å². The molecule has 1 radical (unpaired) electrons. The van der Waals surface area contributed by atoms with Crippen LogP contribution in [0.25, 0.3) is 0 Å². The van der Waals surface area contributed by atoms with Gasteiger partial charge < -0.3 is 4.90 Å². The lowest BCUT2D eigenvalue weighted by Gasteiger charge is -2.25. The summed E-state index contributed by atoms with van der Waals surface area (Å²) in [5.74, 6) is 0.553. The second-order valence-corrected chi connectivity index (χ2v) is 5.55. The predicted octanol–water partition coefficient (Wildman–Crippen LogP) is 1.59. The number of hydrogen-bond donors (Lipinski definition) is 1. The van der Waals surface area contributed by atoms with E-state index in [0.29, 0.717) is 0 Å². The van der Waals surface area contributed by atoms with Gasteiger partial charge in [0.2, 0.25) is 5.91 Å². The lowest BCUT2D eigenvalue weighted by molar-refractivity contribution is -0.135. The van der Waals surface area contributed by atoms with Gasteiger partial charge in [-0.2, -0.15) is 12.6 Å². The Bertz CT molecular complexity index is 270. The molecule has 2 unspecified atom stereocenters. The molecule has 0 aromatic carbocycles. The summed E-state index contributed by atoms with van der Waals surface area (Å²) in [4.78, 5) is 24.9. The number of rotatable bonds is 3. The summed E-state index contributed by atoms with van der Waals surface area (Å²) in [5, 5.41) is 0.534. The number of carbonyl (C=O) groups excluding carboxylic acids is 2. The first-order chi connectivity index (χ1) is 6.95. The Hall–Kier alpha value is -0.160. The molecule has 5 heteroatoms. The zero-order valence-electron chi connectivity index (χ0n) is 9.19. The third-order valence-electron chi connectivity index (χ3n) is 2.55. The van der Waals surface area contributed by atoms with E-state index < -0.39 is 5.25 Å². The summed E-state index contributed by atoms with van der Waals surface area (Å²) in [6.07, 6.45) is 0. The molecule has 1 fully saturated rings. The van der Waals surface area contributed by atoms with Gasteiger partial charge >= 0.3 is 0 Å². The van der Waals surface area contributed by atoms with Crippen LogP contribution in [0.2, 0.25) is 0 Å². The zero-order valence-corrected chi connectivity index (χ0v) is 10.9. The van der Waals surface area contributed by atoms with Gasteiger partial charge in [0.05, 0.1) is 11.2 Å². The smallest absolute Gasteiger partial charge is 0.228 e. The van der Waals surface area contributed by atoms with Crippen molar-refractivity contribution in [3.63, 3.8) is 0 Å². The van der Waals surface area contributed by atoms with Gasteiger partial charge in [-0.15, -0.1) is 11.8 Å². The molecule has 1 rings (SSSR count). The quantitative estimate of drug-likeness (QED) is 0.769. The number of thiol groups is 1. The first kappa shape index (κ1) is 12.9. The van der Waals surface area contributed by atoms with Crippen LogP contribution in [0, 0.1) is 11.3 Å². The van der Waals surface area contributed by atoms with Crippen LogP contribution in [-0.2, 0) is 9.59 Å². The minimum Gasteiger partial charge on any atom is -0.324 e. The van der Waals surface area contributed by atoms with Crippen molar-refractivity contribution in [2.75, 3.05) is 12.3 Å². The number of amides is 1. The monoisotopic (exact) mass is 246 g/mol. The van der Waals surface area contributed by atoms with Gasteiger partial charge in [-0.05, 0) is 13.8 Å². The van der Waals surface area contributed by atoms with Crippen molar-refractivity contribution in [3.05, 3.63) is 5.37 Å². The summed E-state index contributed by atoms with van der Waals surface area (Å²) in [6.45, 7) is 5.91. The van der Waals surface area contributed by atoms with E-state index in [1.54, 1.807) is 23.6 Å². The minimum absolute atomic E-state index is 0.00713. The van der Waals surface area contributed by atoms with Gasteiger partial charge in [0.15, 0.2) is 0 Å². The fourth-order valence-electron chi connectivity index (χ4n) is 1.52. The molecular weight excluding hydrogens is 230 g/mol. The summed E-state index contributed by atoms with van der Waals surface area (Å²) < 4.78 is 0. The highest BCUT2D eigenvalue weighted by atomic mass is 32.2. The molecule has 15 heavy (non-hydrogen) atoms. The van der Waals surface area contributed by atoms with E-state index in [1.165, 1.54) is 6.92 Å². The third-order valence-corrected chi connectivity index (χ3v) is 4.39. The molecule has 1 aliphatic heterocycles. The maximum Gasteiger partial charge on any atom is 0.228 e. The topological polar surface area (TPSA) is 37.4 Å². The van der Waals surface area contributed by atoms with Crippen LogP contribution in [0.5, 0.6) is 0 Å². The van der Waals surface area contributed by atoms with E-state index in [1.807, 2.05) is 6.92 Å². The number of hydrogen-bond acceptors (Lipinski definition) is 4. The molecule has 0 aromatic heterocycles. The van der Waals surface area contributed by atoms with Crippen LogP contribution in [0.1, 0.15) is 20.8 Å². The maximum atomic E-state index is 12.0. The molecule has 0 bridgehead atoms. The molecule has 0 aliphatic carbocycles. The summed E-state index contributed by atoms with van der Waals surface area (Å²) in [5.41, 5.74) is 0. The Morgan fingerprint density at radius 2 is 2.13 bits per heavy atom. The fraction of sp³-hybridized carbons (Fsp3) is 0.700. The predicted molar refractivity (Wildman–Crippen MR) is 65.7 cm³/mol. The van der Waals surface area contributed by atoms with Crippen molar-refractivity contribution >= 4 is 36.1 Å². The molecule has 85 valence electrons. The van der Waals surface area contributed by atoms with Crippen molar-refractivity contribution in [1.29, 1.82) is 0 Å². The molecule has 0 spiro atoms. The molecule has 1 amide bonds. The van der Waals surface area contributed by atoms with Gasteiger partial charge in [-0.3, -0.25) is 9.59 Å². The maximum absolute atomic E-state index is 12.0. The molecule has 0 aromatic rings. The van der Waals surface area contributed by atoms with Gasteiger partial charge in [-0.1, -0.05) is 6.92 Å². The first-order valence-corrected chi connectivity index (χ1v) is 6.41. The van der Waals surface area contributed by atoms with E-state index >= 15 is 0 Å². The number of carbonyl (C=O) groups is 2. The van der Waals surface area contributed by atoms with Gasteiger partial charge in [-0.25, -0.2) is 0 Å². The highest BCUT2D eigenvalue weighted by Crippen LogP contribution is 2.32. The summed E-state index contributed by atoms with van der Waals surface area (Å²) in [6, 6.07) is 0. The molecule has 1 saturated heterocycles. The van der Waals surface area contributed by atoms with Crippen LogP contribution >= 0.6 is 24.4 Å². The van der Waals surface area contributed by atoms with E-state index in [2.05, 4.69) is 12.6 Å². The van der Waals surface area contributed by atoms with Crippen LogP contribution in [0.15, 0.2) is 0 Å². The Morgan fingerprint density at radius 1 is 1.53 bits per heavy atom. The Kier molecular flexibility index (Phi) is 4.52. The number of nitrogens with zero attached hydrogens (tertiary/aromatic N) is 1. The minimum atomic E-state index is -0.490. The molecule has 2 atom stereocenters. The van der Waals surface area contributed by atoms with Crippen molar-refractivity contribution in [1.82, 2.24) is 4.90 Å². The van der Waals surface area contributed by atoms with Crippen molar-refractivity contribution in [2.45, 2.75) is 26.0 Å². The Morgan fingerprint density at radius 3 is 2.53 bits per heavy atom. The van der Waals surface area contributed by atoms with E-state index in [9.17, 15) is 9.59 Å². The zero-order chi connectivity index (χ0) is 11.6. The molecule has 3 nitrogen and oxygen atoms in total. The molecular formula is C10H16NO2S2. The molecule has 1 aliphatic rings. The molecule has 0 N–H and O–H groups in total. The normalized spacial score (nSPS) is 21.5. The lowest BCUT2D eigenvalue weighted by Crippen LogP contribution is -2.39. The summed E-state index contributed by atoms with van der Waals surface area (Å²) >= 11 is 5.85. The van der Waals surface area contributed by atoms with E-state index in [4.69, 9.17) is 0 Å². The average Bonchev–Trinajstić information content (AvgIpc) is 2.60. The highest BCUT2D eigenvalue weighted by molar-refractivity contribution is 8.02. The number of Topliss-reactive ketones (excluding diaryl/α,β-unsaturated/α-hetero) is 1. The van der Waals surface area contributed by atoms with Gasteiger partial charge in [0.25, 0.3) is 0 Å². The second-order valence-electron chi connectivity index (χ2n) is 3.70. The van der Waals surface area contributed by atoms with Gasteiger partial charge in [0, 0.05) is 12.3 Å². The summed E-state index contributed by atoms with van der Waals surface area (Å²) in [7, 11) is 0. The van der Waals surface area contributed by atoms with Crippen LogP contribution in [0.3, 0.4) is 0 Å². The fourth-order valence-corrected chi connectivity index (χ4v) is 2.55. The van der Waals surface area contributed by atoms with Crippen molar-refractivity contribution < 1.29 is 9.59 Å². The van der Waals surface area contributed by atoms with Crippen LogP contribution in [-0.4, -0.2) is 34.1 Å². The first-order valence-electron chi connectivity index (χ1n) is 4.91. The van der Waals surface area contributed by atoms with Crippen LogP contribution < -0.4 is 0 Å². The number of thioether (sulfide) groups is 1. The third kappa shape index (κ3) is 2.91.